The van der Waals surface area contributed by atoms with Gasteiger partial charge in [0.15, 0.2) is 11.6 Å². The van der Waals surface area contributed by atoms with Crippen LogP contribution in [0.1, 0.15) is 42.5 Å². The largest absolute Gasteiger partial charge is 0.305 e. The molecule has 0 saturated heterocycles. The van der Waals surface area contributed by atoms with Gasteiger partial charge in [0, 0.05) is 23.0 Å². The van der Waals surface area contributed by atoms with Crippen molar-refractivity contribution in [3.05, 3.63) is 59.6 Å². The van der Waals surface area contributed by atoms with E-state index in [-0.39, 0.29) is 11.7 Å². The Bertz CT molecular complexity index is 833. The summed E-state index contributed by atoms with van der Waals surface area (Å²) < 4.78 is 0. The second kappa shape index (κ2) is 6.00. The third-order valence-corrected chi connectivity index (χ3v) is 3.81. The maximum atomic E-state index is 12.6. The second-order valence-corrected chi connectivity index (χ2v) is 6.77. The molecule has 1 aromatic heterocycles. The Morgan fingerprint density at radius 1 is 1.12 bits per heavy atom. The van der Waals surface area contributed by atoms with Crippen LogP contribution >= 0.6 is 0 Å². The monoisotopic (exact) mass is 321 g/mol. The van der Waals surface area contributed by atoms with Gasteiger partial charge in [0.2, 0.25) is 0 Å². The third-order valence-electron chi connectivity index (χ3n) is 3.81. The van der Waals surface area contributed by atoms with Crippen LogP contribution in [0.5, 0.6) is 0 Å². The Kier molecular flexibility index (Phi) is 4.01. The molecular weight excluding hydrogens is 302 g/mol. The van der Waals surface area contributed by atoms with Crippen LogP contribution in [0.4, 0.5) is 5.82 Å². The average molecular weight is 321 g/mol. The number of allylic oxidation sites excluding steroid dienone is 2. The molecule has 1 amide bonds. The summed E-state index contributed by atoms with van der Waals surface area (Å²) in [6.07, 6.45) is 3.98. The van der Waals surface area contributed by atoms with Crippen molar-refractivity contribution in [2.45, 2.75) is 27.2 Å². The van der Waals surface area contributed by atoms with Crippen molar-refractivity contribution in [3.63, 3.8) is 0 Å². The van der Waals surface area contributed by atoms with Gasteiger partial charge in [-0.1, -0.05) is 45.0 Å². The molecule has 122 valence electrons. The van der Waals surface area contributed by atoms with Crippen molar-refractivity contribution in [3.8, 4) is 0 Å². The normalized spacial score (nSPS) is 13.2. The first kappa shape index (κ1) is 16.1. The van der Waals surface area contributed by atoms with E-state index in [2.05, 4.69) is 15.3 Å². The van der Waals surface area contributed by atoms with Crippen molar-refractivity contribution in [1.29, 1.82) is 0 Å². The number of ketones is 1. The standard InChI is InChI=1S/C19H19N3O2/c1-19(2,3)17(23)13-9-10-14-16(13)21-15(11-20-14)22-18(24)12-7-5-4-6-8-12/h4-9,11H,10H2,1-3H3,(H,21,22,24). The fraction of sp³-hybridized carbons (Fsp3) is 0.263. The molecule has 0 radical (unpaired) electrons. The molecule has 0 atom stereocenters. The van der Waals surface area contributed by atoms with Gasteiger partial charge in [-0.15, -0.1) is 0 Å². The number of nitrogens with zero attached hydrogens (tertiary/aromatic N) is 2. The number of nitrogens with one attached hydrogen (secondary N) is 1. The molecule has 24 heavy (non-hydrogen) atoms. The van der Waals surface area contributed by atoms with Crippen LogP contribution in [0.15, 0.2) is 42.6 Å². The van der Waals surface area contributed by atoms with Gasteiger partial charge in [0.25, 0.3) is 5.91 Å². The predicted molar refractivity (Wildman–Crippen MR) is 92.6 cm³/mol. The minimum atomic E-state index is -0.488. The molecule has 0 bridgehead atoms. The first-order valence-electron chi connectivity index (χ1n) is 7.84. The van der Waals surface area contributed by atoms with E-state index in [1.54, 1.807) is 24.3 Å². The Hall–Kier alpha value is -2.82. The quantitative estimate of drug-likeness (QED) is 0.941. The molecule has 0 aliphatic heterocycles. The van der Waals surface area contributed by atoms with Crippen LogP contribution in [0, 0.1) is 5.41 Å². The number of carbonyl (C=O) groups is 2. The molecule has 1 aliphatic carbocycles. The minimum Gasteiger partial charge on any atom is -0.305 e. The van der Waals surface area contributed by atoms with Crippen LogP contribution < -0.4 is 5.32 Å². The van der Waals surface area contributed by atoms with Gasteiger partial charge < -0.3 is 5.32 Å². The molecule has 0 unspecified atom stereocenters. The number of anilines is 1. The van der Waals surface area contributed by atoms with Crippen LogP contribution in [-0.4, -0.2) is 21.7 Å². The highest BCUT2D eigenvalue weighted by Gasteiger charge is 2.31. The van der Waals surface area contributed by atoms with Crippen LogP contribution in [0.25, 0.3) is 5.57 Å². The van der Waals surface area contributed by atoms with E-state index in [1.165, 1.54) is 6.20 Å². The van der Waals surface area contributed by atoms with Gasteiger partial charge in [-0.2, -0.15) is 0 Å². The number of hydrogen-bond donors (Lipinski definition) is 1. The fourth-order valence-electron chi connectivity index (χ4n) is 2.52. The van der Waals surface area contributed by atoms with Gasteiger partial charge in [-0.3, -0.25) is 14.6 Å². The minimum absolute atomic E-state index is 0.0297. The summed E-state index contributed by atoms with van der Waals surface area (Å²) in [4.78, 5) is 33.6. The van der Waals surface area contributed by atoms with E-state index >= 15 is 0 Å². The van der Waals surface area contributed by atoms with Crippen LogP contribution in [0.3, 0.4) is 0 Å². The van der Waals surface area contributed by atoms with Crippen molar-refractivity contribution in [2.75, 3.05) is 5.32 Å². The van der Waals surface area contributed by atoms with Gasteiger partial charge in [0.1, 0.15) is 0 Å². The summed E-state index contributed by atoms with van der Waals surface area (Å²) in [7, 11) is 0. The first-order chi connectivity index (χ1) is 11.4. The van der Waals surface area contributed by atoms with Gasteiger partial charge in [-0.25, -0.2) is 4.98 Å². The van der Waals surface area contributed by atoms with Gasteiger partial charge in [-0.05, 0) is 12.1 Å². The topological polar surface area (TPSA) is 72.0 Å². The Balaban J connectivity index is 1.86. The number of fused-ring (bicyclic) bond motifs is 1. The highest BCUT2D eigenvalue weighted by atomic mass is 16.1. The maximum Gasteiger partial charge on any atom is 0.256 e. The van der Waals surface area contributed by atoms with E-state index in [0.717, 1.165) is 5.69 Å². The lowest BCUT2D eigenvalue weighted by Gasteiger charge is -2.17. The van der Waals surface area contributed by atoms with E-state index < -0.39 is 5.41 Å². The summed E-state index contributed by atoms with van der Waals surface area (Å²) >= 11 is 0. The summed E-state index contributed by atoms with van der Waals surface area (Å²) in [6.45, 7) is 5.63. The number of carbonyl (C=O) groups excluding carboxylic acids is 2. The molecule has 1 N–H and O–H groups in total. The highest BCUT2D eigenvalue weighted by molar-refractivity contribution is 6.23. The van der Waals surface area contributed by atoms with Gasteiger partial charge >= 0.3 is 0 Å². The lowest BCUT2D eigenvalue weighted by atomic mass is 9.86. The lowest BCUT2D eigenvalue weighted by molar-refractivity contribution is -0.120. The van der Waals surface area contributed by atoms with E-state index in [0.29, 0.717) is 29.1 Å². The molecule has 0 spiro atoms. The Morgan fingerprint density at radius 2 is 1.83 bits per heavy atom. The molecule has 5 nitrogen and oxygen atoms in total. The van der Waals surface area contributed by atoms with E-state index in [9.17, 15) is 9.59 Å². The zero-order chi connectivity index (χ0) is 17.3. The number of rotatable bonds is 3. The summed E-state index contributed by atoms with van der Waals surface area (Å²) in [6, 6.07) is 8.90. The number of benzene rings is 1. The third kappa shape index (κ3) is 3.11. The molecule has 1 aromatic carbocycles. The molecule has 3 rings (SSSR count). The average Bonchev–Trinajstić information content (AvgIpc) is 2.97. The summed E-state index contributed by atoms with van der Waals surface area (Å²) in [5.74, 6) is 0.120. The van der Waals surface area contributed by atoms with Crippen LogP contribution in [-0.2, 0) is 11.2 Å². The highest BCUT2D eigenvalue weighted by Crippen LogP contribution is 2.32. The number of hydrogen-bond acceptors (Lipinski definition) is 4. The predicted octanol–water partition coefficient (Wildman–Crippen LogP) is 3.28. The zero-order valence-electron chi connectivity index (χ0n) is 14.0. The molecule has 2 aromatic rings. The SMILES string of the molecule is CC(C)(C)C(=O)C1=CCc2ncc(NC(=O)c3ccccc3)nc21. The summed E-state index contributed by atoms with van der Waals surface area (Å²) in [5, 5.41) is 2.74. The Morgan fingerprint density at radius 3 is 2.50 bits per heavy atom. The molecule has 5 heteroatoms. The number of aromatic nitrogens is 2. The maximum absolute atomic E-state index is 12.6. The number of Topliss-reactive ketones (excluding diaryl/α,β-unsaturated/α-hetero) is 1. The molecular formula is C19H19N3O2. The molecule has 1 heterocycles. The zero-order valence-corrected chi connectivity index (χ0v) is 14.0. The summed E-state index contributed by atoms with van der Waals surface area (Å²) in [5.41, 5.74) is 1.97. The molecule has 1 aliphatic rings. The van der Waals surface area contributed by atoms with Crippen molar-refractivity contribution >= 4 is 23.1 Å². The van der Waals surface area contributed by atoms with E-state index in [4.69, 9.17) is 0 Å². The fourth-order valence-corrected chi connectivity index (χ4v) is 2.52. The van der Waals surface area contributed by atoms with Crippen molar-refractivity contribution in [2.24, 2.45) is 5.41 Å². The lowest BCUT2D eigenvalue weighted by Crippen LogP contribution is -2.21. The first-order valence-corrected chi connectivity index (χ1v) is 7.84. The smallest absolute Gasteiger partial charge is 0.256 e. The molecule has 0 saturated carbocycles. The second-order valence-electron chi connectivity index (χ2n) is 6.77. The molecule has 0 fully saturated rings. The Labute approximate surface area is 140 Å². The van der Waals surface area contributed by atoms with E-state index in [1.807, 2.05) is 32.9 Å². The van der Waals surface area contributed by atoms with Crippen molar-refractivity contribution < 1.29 is 9.59 Å². The number of amides is 1. The van der Waals surface area contributed by atoms with Crippen LogP contribution in [0.2, 0.25) is 0 Å². The van der Waals surface area contributed by atoms with Crippen molar-refractivity contribution in [1.82, 2.24) is 9.97 Å². The van der Waals surface area contributed by atoms with Gasteiger partial charge in [0.05, 0.1) is 17.6 Å².